The molecule has 7 heteroatoms. The van der Waals surface area contributed by atoms with Gasteiger partial charge >= 0.3 is 0 Å². The number of ether oxygens (including phenoxy) is 2. The van der Waals surface area contributed by atoms with Crippen LogP contribution in [0.3, 0.4) is 0 Å². The number of hydrogen-bond donors (Lipinski definition) is 0. The summed E-state index contributed by atoms with van der Waals surface area (Å²) in [6.07, 6.45) is 0. The average Bonchev–Trinajstić information content (AvgIpc) is 2.90. The maximum atomic E-state index is 5.96. The molecule has 4 rings (SSSR count). The van der Waals surface area contributed by atoms with Gasteiger partial charge in [-0.15, -0.1) is 10.2 Å². The number of fused-ring (bicyclic) bond motifs is 2. The van der Waals surface area contributed by atoms with E-state index in [1.165, 1.54) is 0 Å². The van der Waals surface area contributed by atoms with E-state index < -0.39 is 0 Å². The van der Waals surface area contributed by atoms with E-state index in [9.17, 15) is 0 Å². The average molecular weight is 303 g/mol. The molecule has 0 fully saturated rings. The van der Waals surface area contributed by atoms with Crippen LogP contribution in [0.25, 0.3) is 17.0 Å². The summed E-state index contributed by atoms with van der Waals surface area (Å²) in [7, 11) is 0. The maximum absolute atomic E-state index is 5.96. The molecule has 3 heterocycles. The molecule has 0 aliphatic carbocycles. The molecule has 0 N–H and O–H groups in total. The van der Waals surface area contributed by atoms with Crippen LogP contribution in [-0.4, -0.2) is 32.8 Å². The van der Waals surface area contributed by atoms with E-state index in [4.69, 9.17) is 21.1 Å². The van der Waals surface area contributed by atoms with Gasteiger partial charge in [0.05, 0.1) is 5.56 Å². The van der Waals surface area contributed by atoms with Crippen LogP contribution in [0.1, 0.15) is 5.82 Å². The summed E-state index contributed by atoms with van der Waals surface area (Å²) in [5.41, 5.74) is 1.48. The van der Waals surface area contributed by atoms with Crippen LogP contribution in [0.15, 0.2) is 24.3 Å². The minimum Gasteiger partial charge on any atom is -0.486 e. The number of hydrogen-bond acceptors (Lipinski definition) is 5. The SMILES string of the molecule is Cc1nc(Cl)cc2nnc(-c3cccc4c3OCCO4)n12. The van der Waals surface area contributed by atoms with Crippen LogP contribution in [0.5, 0.6) is 11.5 Å². The third-order valence-corrected chi connectivity index (χ3v) is 3.53. The van der Waals surface area contributed by atoms with Crippen LogP contribution in [0.2, 0.25) is 5.15 Å². The van der Waals surface area contributed by atoms with Gasteiger partial charge in [0.2, 0.25) is 0 Å². The Hall–Kier alpha value is -2.34. The van der Waals surface area contributed by atoms with E-state index in [0.29, 0.717) is 41.4 Å². The van der Waals surface area contributed by atoms with Crippen molar-refractivity contribution >= 4 is 17.2 Å². The Labute approximate surface area is 125 Å². The molecule has 1 aliphatic heterocycles. The quantitative estimate of drug-likeness (QED) is 0.646. The predicted molar refractivity (Wildman–Crippen MR) is 77.0 cm³/mol. The molecule has 0 saturated carbocycles. The van der Waals surface area contributed by atoms with Gasteiger partial charge in [-0.3, -0.25) is 4.40 Å². The molecule has 0 radical (unpaired) electrons. The summed E-state index contributed by atoms with van der Waals surface area (Å²) in [5.74, 6) is 2.78. The largest absolute Gasteiger partial charge is 0.486 e. The lowest BCUT2D eigenvalue weighted by atomic mass is 10.1. The molecule has 0 bridgehead atoms. The minimum atomic E-state index is 0.397. The monoisotopic (exact) mass is 302 g/mol. The zero-order chi connectivity index (χ0) is 14.4. The molecule has 0 saturated heterocycles. The molecule has 1 aliphatic rings. The Kier molecular flexibility index (Phi) is 2.71. The number of halogens is 1. The number of rotatable bonds is 1. The van der Waals surface area contributed by atoms with Gasteiger partial charge in [-0.2, -0.15) is 0 Å². The number of aromatic nitrogens is 4. The molecule has 0 unspecified atom stereocenters. The molecular weight excluding hydrogens is 292 g/mol. The van der Waals surface area contributed by atoms with Gasteiger partial charge < -0.3 is 9.47 Å². The lowest BCUT2D eigenvalue weighted by molar-refractivity contribution is 0.172. The normalized spacial score (nSPS) is 13.6. The second-order valence-corrected chi connectivity index (χ2v) is 5.06. The summed E-state index contributed by atoms with van der Waals surface area (Å²) in [6, 6.07) is 7.39. The van der Waals surface area contributed by atoms with E-state index in [2.05, 4.69) is 15.2 Å². The van der Waals surface area contributed by atoms with Crippen molar-refractivity contribution in [2.45, 2.75) is 6.92 Å². The van der Waals surface area contributed by atoms with Crippen LogP contribution in [0.4, 0.5) is 0 Å². The highest BCUT2D eigenvalue weighted by atomic mass is 35.5. The smallest absolute Gasteiger partial charge is 0.173 e. The first kappa shape index (κ1) is 12.4. The molecule has 0 atom stereocenters. The summed E-state index contributed by atoms with van der Waals surface area (Å²) in [4.78, 5) is 4.25. The number of nitrogens with zero attached hydrogens (tertiary/aromatic N) is 4. The first-order valence-electron chi connectivity index (χ1n) is 6.51. The van der Waals surface area contributed by atoms with E-state index in [1.807, 2.05) is 29.5 Å². The summed E-state index contributed by atoms with van der Waals surface area (Å²) < 4.78 is 13.2. The van der Waals surface area contributed by atoms with E-state index in [-0.39, 0.29) is 0 Å². The Balaban J connectivity index is 1.99. The standard InChI is InChI=1S/C14H11ClN4O2/c1-8-16-11(15)7-12-17-18-14(19(8)12)9-3-2-4-10-13(9)21-6-5-20-10/h2-4,7H,5-6H2,1H3. The molecule has 106 valence electrons. The van der Waals surface area contributed by atoms with E-state index in [0.717, 1.165) is 11.3 Å². The summed E-state index contributed by atoms with van der Waals surface area (Å²) in [6.45, 7) is 2.93. The van der Waals surface area contributed by atoms with E-state index >= 15 is 0 Å². The van der Waals surface area contributed by atoms with Gasteiger partial charge in [0, 0.05) is 6.07 Å². The van der Waals surface area contributed by atoms with Gasteiger partial charge in [-0.05, 0) is 19.1 Å². The second kappa shape index (κ2) is 4.60. The molecule has 6 nitrogen and oxygen atoms in total. The predicted octanol–water partition coefficient (Wildman–Crippen LogP) is 2.52. The Morgan fingerprint density at radius 3 is 2.95 bits per heavy atom. The number of aryl methyl sites for hydroxylation is 1. The third-order valence-electron chi connectivity index (χ3n) is 3.34. The topological polar surface area (TPSA) is 61.5 Å². The highest BCUT2D eigenvalue weighted by Crippen LogP contribution is 2.39. The highest BCUT2D eigenvalue weighted by Gasteiger charge is 2.21. The van der Waals surface area contributed by atoms with Gasteiger partial charge in [0.15, 0.2) is 23.0 Å². The highest BCUT2D eigenvalue weighted by molar-refractivity contribution is 6.29. The van der Waals surface area contributed by atoms with Crippen LogP contribution in [-0.2, 0) is 0 Å². The van der Waals surface area contributed by atoms with Crippen molar-refractivity contribution in [2.24, 2.45) is 0 Å². The Bertz CT molecular complexity index is 846. The first-order chi connectivity index (χ1) is 10.2. The Morgan fingerprint density at radius 2 is 2.05 bits per heavy atom. The van der Waals surface area contributed by atoms with Crippen molar-refractivity contribution in [3.8, 4) is 22.9 Å². The van der Waals surface area contributed by atoms with Crippen molar-refractivity contribution in [3.05, 3.63) is 35.2 Å². The second-order valence-electron chi connectivity index (χ2n) is 4.67. The number of benzene rings is 1. The van der Waals surface area contributed by atoms with Gasteiger partial charge in [0.1, 0.15) is 24.2 Å². The molecule has 0 amide bonds. The molecule has 21 heavy (non-hydrogen) atoms. The van der Waals surface area contributed by atoms with Gasteiger partial charge in [0.25, 0.3) is 0 Å². The van der Waals surface area contributed by atoms with Crippen LogP contribution >= 0.6 is 11.6 Å². The fraction of sp³-hybridized carbons (Fsp3) is 0.214. The first-order valence-corrected chi connectivity index (χ1v) is 6.89. The lowest BCUT2D eigenvalue weighted by Gasteiger charge is -2.20. The van der Waals surface area contributed by atoms with E-state index in [1.54, 1.807) is 6.07 Å². The van der Waals surface area contributed by atoms with Gasteiger partial charge in [-0.25, -0.2) is 4.98 Å². The molecule has 0 spiro atoms. The maximum Gasteiger partial charge on any atom is 0.173 e. The fourth-order valence-electron chi connectivity index (χ4n) is 2.48. The molecule has 2 aromatic heterocycles. The zero-order valence-electron chi connectivity index (χ0n) is 11.2. The van der Waals surface area contributed by atoms with Crippen LogP contribution in [0, 0.1) is 6.92 Å². The Morgan fingerprint density at radius 1 is 1.19 bits per heavy atom. The van der Waals surface area contributed by atoms with Crippen molar-refractivity contribution in [1.29, 1.82) is 0 Å². The third kappa shape index (κ3) is 1.91. The van der Waals surface area contributed by atoms with Crippen LogP contribution < -0.4 is 9.47 Å². The molecular formula is C14H11ClN4O2. The lowest BCUT2D eigenvalue weighted by Crippen LogP contribution is -2.16. The van der Waals surface area contributed by atoms with Crippen molar-refractivity contribution in [3.63, 3.8) is 0 Å². The van der Waals surface area contributed by atoms with Crippen molar-refractivity contribution in [1.82, 2.24) is 19.6 Å². The zero-order valence-corrected chi connectivity index (χ0v) is 12.0. The summed E-state index contributed by atoms with van der Waals surface area (Å²) >= 11 is 5.96. The summed E-state index contributed by atoms with van der Waals surface area (Å²) in [5, 5.41) is 8.81. The molecule has 3 aromatic rings. The fourth-order valence-corrected chi connectivity index (χ4v) is 2.70. The minimum absolute atomic E-state index is 0.397. The van der Waals surface area contributed by atoms with Crippen molar-refractivity contribution in [2.75, 3.05) is 13.2 Å². The molecule has 1 aromatic carbocycles. The van der Waals surface area contributed by atoms with Crippen molar-refractivity contribution < 1.29 is 9.47 Å². The van der Waals surface area contributed by atoms with Gasteiger partial charge in [-0.1, -0.05) is 17.7 Å². The number of para-hydroxylation sites is 1.